The molecule has 0 saturated carbocycles. The maximum absolute atomic E-state index is 13.7. The van der Waals surface area contributed by atoms with Crippen LogP contribution in [0.4, 0.5) is 4.39 Å². The number of allylic oxidation sites excluding steroid dienone is 3. The topological polar surface area (TPSA) is 90.9 Å². The highest BCUT2D eigenvalue weighted by Gasteiger charge is 2.47. The van der Waals surface area contributed by atoms with Crippen LogP contribution in [0.15, 0.2) is 46.8 Å². The number of nitrogens with one attached hydrogen (secondary N) is 1. The Labute approximate surface area is 193 Å². The third kappa shape index (κ3) is 5.16. The van der Waals surface area contributed by atoms with Gasteiger partial charge in [0, 0.05) is 29.5 Å². The minimum absolute atomic E-state index is 0.0629. The van der Waals surface area contributed by atoms with E-state index in [4.69, 9.17) is 14.2 Å². The van der Waals surface area contributed by atoms with Gasteiger partial charge in [-0.3, -0.25) is 9.59 Å². The average Bonchev–Trinajstić information content (AvgIpc) is 2.78. The van der Waals surface area contributed by atoms with E-state index in [1.54, 1.807) is 19.1 Å². The van der Waals surface area contributed by atoms with Crippen LogP contribution in [-0.4, -0.2) is 44.7 Å². The van der Waals surface area contributed by atoms with Gasteiger partial charge in [-0.15, -0.1) is 0 Å². The molecule has 178 valence electrons. The summed E-state index contributed by atoms with van der Waals surface area (Å²) >= 11 is 0. The smallest absolute Gasteiger partial charge is 0.336 e. The maximum atomic E-state index is 13.7. The first-order valence-corrected chi connectivity index (χ1v) is 11.1. The van der Waals surface area contributed by atoms with E-state index in [0.717, 1.165) is 6.42 Å². The van der Waals surface area contributed by atoms with E-state index in [0.29, 0.717) is 35.6 Å². The predicted octanol–water partition coefficient (Wildman–Crippen LogP) is 3.41. The molecule has 33 heavy (non-hydrogen) atoms. The van der Waals surface area contributed by atoms with E-state index < -0.39 is 35.4 Å². The van der Waals surface area contributed by atoms with Crippen molar-refractivity contribution in [3.8, 4) is 0 Å². The van der Waals surface area contributed by atoms with Gasteiger partial charge in [-0.1, -0.05) is 26.0 Å². The van der Waals surface area contributed by atoms with Crippen molar-refractivity contribution in [2.45, 2.75) is 39.5 Å². The third-order valence-electron chi connectivity index (χ3n) is 5.98. The van der Waals surface area contributed by atoms with Gasteiger partial charge in [0.2, 0.25) is 0 Å². The second-order valence-corrected chi connectivity index (χ2v) is 8.34. The van der Waals surface area contributed by atoms with Crippen LogP contribution in [-0.2, 0) is 28.6 Å². The van der Waals surface area contributed by atoms with E-state index in [1.165, 1.54) is 19.2 Å². The SMILES string of the molecule is CCCOCCOC(=O)C1=C(C)NC2=C(C(=O)[C@@H](C(=O)OC)[C@H](C)C2)[C@H]1c1ccc(F)cc1. The van der Waals surface area contributed by atoms with Gasteiger partial charge in [-0.2, -0.15) is 0 Å². The molecule has 0 radical (unpaired) electrons. The van der Waals surface area contributed by atoms with Crippen LogP contribution in [0.5, 0.6) is 0 Å². The van der Waals surface area contributed by atoms with Crippen LogP contribution in [0, 0.1) is 17.7 Å². The van der Waals surface area contributed by atoms with Crippen molar-refractivity contribution in [1.29, 1.82) is 0 Å². The van der Waals surface area contributed by atoms with Crippen molar-refractivity contribution >= 4 is 17.7 Å². The summed E-state index contributed by atoms with van der Waals surface area (Å²) in [4.78, 5) is 39.1. The van der Waals surface area contributed by atoms with Crippen molar-refractivity contribution in [1.82, 2.24) is 5.32 Å². The van der Waals surface area contributed by atoms with Crippen molar-refractivity contribution in [3.05, 3.63) is 58.2 Å². The van der Waals surface area contributed by atoms with Crippen LogP contribution < -0.4 is 5.32 Å². The Morgan fingerprint density at radius 2 is 1.85 bits per heavy atom. The van der Waals surface area contributed by atoms with Gasteiger partial charge in [-0.25, -0.2) is 9.18 Å². The van der Waals surface area contributed by atoms with Crippen LogP contribution in [0.3, 0.4) is 0 Å². The highest BCUT2D eigenvalue weighted by molar-refractivity contribution is 6.12. The minimum Gasteiger partial charge on any atom is -0.468 e. The average molecular weight is 460 g/mol. The molecule has 0 saturated heterocycles. The van der Waals surface area contributed by atoms with E-state index in [1.807, 2.05) is 13.8 Å². The number of ether oxygens (including phenoxy) is 3. The second-order valence-electron chi connectivity index (χ2n) is 8.34. The predicted molar refractivity (Wildman–Crippen MR) is 118 cm³/mol. The van der Waals surface area contributed by atoms with Gasteiger partial charge in [0.15, 0.2) is 5.78 Å². The van der Waals surface area contributed by atoms with Crippen molar-refractivity contribution < 1.29 is 33.0 Å². The molecule has 0 fully saturated rings. The first-order chi connectivity index (χ1) is 15.8. The lowest BCUT2D eigenvalue weighted by Gasteiger charge is -2.38. The molecule has 1 aliphatic heterocycles. The van der Waals surface area contributed by atoms with Gasteiger partial charge in [0.05, 0.1) is 19.3 Å². The summed E-state index contributed by atoms with van der Waals surface area (Å²) < 4.78 is 29.4. The standard InChI is InChI=1S/C25H30FNO6/c1-5-10-32-11-12-33-25(30)20-15(3)27-18-13-14(2)19(24(29)31-4)23(28)22(18)21(20)16-6-8-17(26)9-7-16/h6-9,14,19,21,27H,5,10-13H2,1-4H3/t14-,19+,21+/m1/s1. The number of hydrogen-bond acceptors (Lipinski definition) is 7. The van der Waals surface area contributed by atoms with Gasteiger partial charge in [-0.05, 0) is 43.4 Å². The molecule has 3 rings (SSSR count). The number of dihydropyridines is 1. The zero-order chi connectivity index (χ0) is 24.1. The Morgan fingerprint density at radius 1 is 1.15 bits per heavy atom. The number of carbonyl (C=O) groups excluding carboxylic acids is 3. The number of carbonyl (C=O) groups is 3. The molecule has 0 unspecified atom stereocenters. The highest BCUT2D eigenvalue weighted by atomic mass is 19.1. The lowest BCUT2D eigenvalue weighted by Crippen LogP contribution is -2.43. The molecule has 1 heterocycles. The molecule has 1 aromatic carbocycles. The molecule has 1 N–H and O–H groups in total. The van der Waals surface area contributed by atoms with E-state index >= 15 is 0 Å². The Hall–Kier alpha value is -3.00. The van der Waals surface area contributed by atoms with Crippen molar-refractivity contribution in [2.75, 3.05) is 26.9 Å². The molecule has 1 aromatic rings. The van der Waals surface area contributed by atoms with Gasteiger partial charge >= 0.3 is 11.9 Å². The third-order valence-corrected chi connectivity index (χ3v) is 5.98. The summed E-state index contributed by atoms with van der Waals surface area (Å²) in [6.07, 6.45) is 1.29. The summed E-state index contributed by atoms with van der Waals surface area (Å²) in [5.41, 5.74) is 2.34. The fourth-order valence-electron chi connectivity index (χ4n) is 4.46. The highest BCUT2D eigenvalue weighted by Crippen LogP contribution is 2.45. The molecule has 7 nitrogen and oxygen atoms in total. The van der Waals surface area contributed by atoms with Crippen LogP contribution in [0.2, 0.25) is 0 Å². The molecule has 0 aromatic heterocycles. The zero-order valence-corrected chi connectivity index (χ0v) is 19.4. The quantitative estimate of drug-likeness (QED) is 0.362. The second kappa shape index (κ2) is 10.7. The molecule has 3 atom stereocenters. The Balaban J connectivity index is 2.01. The molecular formula is C25H30FNO6. The number of rotatable bonds is 8. The van der Waals surface area contributed by atoms with Crippen LogP contribution in [0.1, 0.15) is 45.1 Å². The normalized spacial score (nSPS) is 22.6. The minimum atomic E-state index is -0.975. The molecule has 2 aliphatic rings. The number of Topliss-reactive ketones (excluding diaryl/α,β-unsaturated/α-hetero) is 1. The number of methoxy groups -OCH3 is 1. The first kappa shape index (κ1) is 24.6. The van der Waals surface area contributed by atoms with E-state index in [2.05, 4.69) is 5.32 Å². The Morgan fingerprint density at radius 3 is 2.48 bits per heavy atom. The van der Waals surface area contributed by atoms with Gasteiger partial charge < -0.3 is 19.5 Å². The monoisotopic (exact) mass is 459 g/mol. The lowest BCUT2D eigenvalue weighted by atomic mass is 9.69. The molecule has 8 heteroatoms. The maximum Gasteiger partial charge on any atom is 0.336 e. The number of ketones is 1. The summed E-state index contributed by atoms with van der Waals surface area (Å²) in [6.45, 7) is 6.43. The zero-order valence-electron chi connectivity index (χ0n) is 19.4. The number of esters is 2. The van der Waals surface area contributed by atoms with Gasteiger partial charge in [0.1, 0.15) is 18.3 Å². The first-order valence-electron chi connectivity index (χ1n) is 11.1. The fraction of sp³-hybridized carbons (Fsp3) is 0.480. The van der Waals surface area contributed by atoms with Crippen molar-refractivity contribution in [2.24, 2.45) is 11.8 Å². The largest absolute Gasteiger partial charge is 0.468 e. The Kier molecular flexibility index (Phi) is 8.02. The summed E-state index contributed by atoms with van der Waals surface area (Å²) in [6, 6.07) is 5.64. The van der Waals surface area contributed by atoms with Crippen LogP contribution >= 0.6 is 0 Å². The van der Waals surface area contributed by atoms with E-state index in [9.17, 15) is 18.8 Å². The number of benzene rings is 1. The summed E-state index contributed by atoms with van der Waals surface area (Å²) in [7, 11) is 1.25. The molecule has 0 bridgehead atoms. The lowest BCUT2D eigenvalue weighted by molar-refractivity contribution is -0.151. The van der Waals surface area contributed by atoms with Gasteiger partial charge in [0.25, 0.3) is 0 Å². The summed E-state index contributed by atoms with van der Waals surface area (Å²) in [5.74, 6) is -4.09. The number of halogens is 1. The molecule has 1 aliphatic carbocycles. The van der Waals surface area contributed by atoms with E-state index in [-0.39, 0.29) is 24.7 Å². The number of hydrogen-bond donors (Lipinski definition) is 1. The van der Waals surface area contributed by atoms with Crippen molar-refractivity contribution in [3.63, 3.8) is 0 Å². The molecular weight excluding hydrogens is 429 g/mol. The summed E-state index contributed by atoms with van der Waals surface area (Å²) in [5, 5.41) is 3.19. The fourth-order valence-corrected chi connectivity index (χ4v) is 4.46. The Bertz CT molecular complexity index is 981. The molecule has 0 amide bonds. The molecule has 0 spiro atoms. The van der Waals surface area contributed by atoms with Crippen LogP contribution in [0.25, 0.3) is 0 Å².